The minimum Gasteiger partial charge on any atom is -0.480 e. The zero-order valence-corrected chi connectivity index (χ0v) is 22.5. The number of aliphatic hydroxyl groups is 1. The number of nitrogens with zero attached hydrogens (tertiary/aromatic N) is 4. The molecule has 0 bridgehead atoms. The van der Waals surface area contributed by atoms with Gasteiger partial charge in [-0.25, -0.2) is 9.97 Å². The normalized spacial score (nSPS) is 15.4. The number of aryl methyl sites for hydroxylation is 1. The molecule has 10 heteroatoms. The second-order valence-electron chi connectivity index (χ2n) is 9.95. The molecule has 4 heterocycles. The minimum atomic E-state index is -0.454. The van der Waals surface area contributed by atoms with Crippen molar-refractivity contribution in [2.45, 2.75) is 31.8 Å². The number of fused-ring (bicyclic) bond motifs is 1. The highest BCUT2D eigenvalue weighted by Gasteiger charge is 2.23. The van der Waals surface area contributed by atoms with Gasteiger partial charge >= 0.3 is 0 Å². The number of aromatic amines is 1. The van der Waals surface area contributed by atoms with Gasteiger partial charge in [-0.1, -0.05) is 6.07 Å². The summed E-state index contributed by atoms with van der Waals surface area (Å²) in [5, 5.41) is 14.7. The van der Waals surface area contributed by atoms with E-state index in [0.29, 0.717) is 47.5 Å². The molecule has 1 saturated heterocycles. The Morgan fingerprint density at radius 1 is 1.13 bits per heavy atom. The van der Waals surface area contributed by atoms with Crippen molar-refractivity contribution in [3.05, 3.63) is 70.4 Å². The summed E-state index contributed by atoms with van der Waals surface area (Å²) < 4.78 is 10.3. The summed E-state index contributed by atoms with van der Waals surface area (Å²) >= 11 is 0. The molecular formula is C29H34N6O4. The van der Waals surface area contributed by atoms with Crippen LogP contribution in [0.2, 0.25) is 0 Å². The van der Waals surface area contributed by atoms with Gasteiger partial charge in [-0.15, -0.1) is 0 Å². The quantitative estimate of drug-likeness (QED) is 0.297. The lowest BCUT2D eigenvalue weighted by atomic mass is 9.86. The van der Waals surface area contributed by atoms with Crippen molar-refractivity contribution >= 4 is 22.3 Å². The van der Waals surface area contributed by atoms with Gasteiger partial charge in [0.1, 0.15) is 11.5 Å². The third-order valence-electron chi connectivity index (χ3n) is 7.23. The van der Waals surface area contributed by atoms with Crippen LogP contribution in [0.5, 0.6) is 5.88 Å². The molecule has 1 fully saturated rings. The predicted molar refractivity (Wildman–Crippen MR) is 151 cm³/mol. The summed E-state index contributed by atoms with van der Waals surface area (Å²) in [5.74, 6) is 1.30. The first kappa shape index (κ1) is 26.7. The number of β-amino-alcohol motifs (C(OH)–C–C–N with tert-alkyl or cyclic N) is 1. The number of aromatic nitrogens is 4. The molecular weight excluding hydrogens is 496 g/mol. The molecule has 1 aliphatic rings. The third-order valence-corrected chi connectivity index (χ3v) is 7.23. The van der Waals surface area contributed by atoms with Gasteiger partial charge in [-0.05, 0) is 79.6 Å². The largest absolute Gasteiger partial charge is 0.480 e. The lowest BCUT2D eigenvalue weighted by Crippen LogP contribution is -2.39. The van der Waals surface area contributed by atoms with E-state index < -0.39 is 6.10 Å². The zero-order valence-electron chi connectivity index (χ0n) is 22.5. The first-order valence-electron chi connectivity index (χ1n) is 13.1. The van der Waals surface area contributed by atoms with E-state index in [9.17, 15) is 9.90 Å². The molecule has 0 amide bonds. The molecule has 204 valence electrons. The molecule has 0 saturated carbocycles. The van der Waals surface area contributed by atoms with E-state index in [1.165, 1.54) is 24.4 Å². The van der Waals surface area contributed by atoms with Crippen molar-refractivity contribution in [2.24, 2.45) is 0 Å². The maximum atomic E-state index is 12.8. The number of ether oxygens (including phenoxy) is 2. The molecule has 3 N–H and O–H groups in total. The molecule has 0 spiro atoms. The molecule has 1 aliphatic heterocycles. The summed E-state index contributed by atoms with van der Waals surface area (Å²) in [4.78, 5) is 31.3. The fourth-order valence-corrected chi connectivity index (χ4v) is 5.32. The highest BCUT2D eigenvalue weighted by molar-refractivity contribution is 5.94. The number of hydrogen-bond acceptors (Lipinski definition) is 9. The van der Waals surface area contributed by atoms with E-state index in [1.807, 2.05) is 18.2 Å². The predicted octanol–water partition coefficient (Wildman–Crippen LogP) is 3.63. The number of aliphatic hydroxyl groups excluding tert-OH is 1. The van der Waals surface area contributed by atoms with Crippen LogP contribution in [-0.4, -0.2) is 76.5 Å². The summed E-state index contributed by atoms with van der Waals surface area (Å²) in [5.41, 5.74) is 4.27. The van der Waals surface area contributed by atoms with Crippen LogP contribution < -0.4 is 15.6 Å². The Balaban J connectivity index is 1.38. The summed E-state index contributed by atoms with van der Waals surface area (Å²) in [6, 6.07) is 9.98. The molecule has 39 heavy (non-hydrogen) atoms. The fraction of sp³-hybridized carbons (Fsp3) is 0.379. The summed E-state index contributed by atoms with van der Waals surface area (Å²) in [6.45, 7) is 5.02. The fourth-order valence-electron chi connectivity index (χ4n) is 5.32. The summed E-state index contributed by atoms with van der Waals surface area (Å²) in [6.07, 6.45) is 6.41. The SMILES string of the molecule is COCC(O)CN1CCC(c2ccc(Nc3nc(-c4cncc(OC)n4)cc4cc[nH]c(=O)c34)cc2C)CC1. The Kier molecular flexibility index (Phi) is 8.16. The smallest absolute Gasteiger partial charge is 0.259 e. The van der Waals surface area contributed by atoms with E-state index in [2.05, 4.69) is 44.2 Å². The van der Waals surface area contributed by atoms with Gasteiger partial charge in [0.05, 0.1) is 43.3 Å². The average molecular weight is 531 g/mol. The number of likely N-dealkylation sites (tertiary alicyclic amines) is 1. The highest BCUT2D eigenvalue weighted by Crippen LogP contribution is 2.33. The molecule has 3 aromatic heterocycles. The number of benzene rings is 1. The number of H-pyrrole nitrogens is 1. The zero-order chi connectivity index (χ0) is 27.4. The van der Waals surface area contributed by atoms with Crippen LogP contribution >= 0.6 is 0 Å². The van der Waals surface area contributed by atoms with Gasteiger partial charge in [-0.3, -0.25) is 9.78 Å². The number of hydrogen-bond donors (Lipinski definition) is 3. The topological polar surface area (TPSA) is 125 Å². The first-order valence-corrected chi connectivity index (χ1v) is 13.1. The van der Waals surface area contributed by atoms with E-state index in [-0.39, 0.29) is 5.56 Å². The van der Waals surface area contributed by atoms with Crippen LogP contribution in [0, 0.1) is 6.92 Å². The second-order valence-corrected chi connectivity index (χ2v) is 9.95. The van der Waals surface area contributed by atoms with Crippen molar-refractivity contribution in [1.82, 2.24) is 24.8 Å². The monoisotopic (exact) mass is 530 g/mol. The van der Waals surface area contributed by atoms with Crippen LogP contribution in [0.4, 0.5) is 11.5 Å². The molecule has 10 nitrogen and oxygen atoms in total. The number of piperidine rings is 1. The van der Waals surface area contributed by atoms with Crippen LogP contribution in [0.15, 0.2) is 53.7 Å². The standard InChI is InChI=1S/C29H34N6O4/c1-18-12-21(4-5-23(18)19-7-10-35(11-8-19)16-22(36)17-38-2)32-28-27-20(6-9-31-29(27)37)13-24(34-28)25-14-30-15-26(33-25)39-3/h4-6,9,12-15,19,22,36H,7-8,10-11,16-17H2,1-3H3,(H,31,37)(H,32,34). The Bertz CT molecular complexity index is 1500. The summed E-state index contributed by atoms with van der Waals surface area (Å²) in [7, 11) is 3.15. The third kappa shape index (κ3) is 6.08. The van der Waals surface area contributed by atoms with Crippen molar-refractivity contribution in [2.75, 3.05) is 45.8 Å². The molecule has 1 aromatic carbocycles. The van der Waals surface area contributed by atoms with E-state index in [1.54, 1.807) is 19.5 Å². The average Bonchev–Trinajstić information content (AvgIpc) is 2.94. The Hall–Kier alpha value is -3.86. The van der Waals surface area contributed by atoms with Crippen LogP contribution in [0.1, 0.15) is 29.9 Å². The van der Waals surface area contributed by atoms with Gasteiger partial charge in [-0.2, -0.15) is 0 Å². The molecule has 0 radical (unpaired) electrons. The lowest BCUT2D eigenvalue weighted by molar-refractivity contribution is 0.0320. The number of rotatable bonds is 9. The van der Waals surface area contributed by atoms with E-state index >= 15 is 0 Å². The van der Waals surface area contributed by atoms with Gasteiger partial charge in [0, 0.05) is 25.5 Å². The lowest BCUT2D eigenvalue weighted by Gasteiger charge is -2.34. The van der Waals surface area contributed by atoms with Crippen molar-refractivity contribution in [3.8, 4) is 17.3 Å². The minimum absolute atomic E-state index is 0.221. The Morgan fingerprint density at radius 3 is 2.69 bits per heavy atom. The van der Waals surface area contributed by atoms with Crippen molar-refractivity contribution in [1.29, 1.82) is 0 Å². The number of pyridine rings is 2. The maximum absolute atomic E-state index is 12.8. The highest BCUT2D eigenvalue weighted by atomic mass is 16.5. The molecule has 4 aromatic rings. The Morgan fingerprint density at radius 2 is 1.95 bits per heavy atom. The first-order chi connectivity index (χ1) is 18.9. The number of anilines is 2. The second kappa shape index (κ2) is 11.9. The van der Waals surface area contributed by atoms with Crippen molar-refractivity contribution < 1.29 is 14.6 Å². The van der Waals surface area contributed by atoms with E-state index in [4.69, 9.17) is 14.5 Å². The maximum Gasteiger partial charge on any atom is 0.259 e. The molecule has 5 rings (SSSR count). The van der Waals surface area contributed by atoms with E-state index in [0.717, 1.165) is 37.0 Å². The van der Waals surface area contributed by atoms with Crippen LogP contribution in [-0.2, 0) is 4.74 Å². The molecule has 1 unspecified atom stereocenters. The van der Waals surface area contributed by atoms with Gasteiger partial charge in [0.25, 0.3) is 5.56 Å². The molecule has 1 atom stereocenters. The van der Waals surface area contributed by atoms with Crippen LogP contribution in [0.25, 0.3) is 22.2 Å². The van der Waals surface area contributed by atoms with Crippen molar-refractivity contribution in [3.63, 3.8) is 0 Å². The van der Waals surface area contributed by atoms with Crippen LogP contribution in [0.3, 0.4) is 0 Å². The van der Waals surface area contributed by atoms with Gasteiger partial charge < -0.3 is 29.8 Å². The van der Waals surface area contributed by atoms with Gasteiger partial charge in [0.2, 0.25) is 5.88 Å². The Labute approximate surface area is 227 Å². The van der Waals surface area contributed by atoms with Gasteiger partial charge in [0.15, 0.2) is 0 Å². The number of nitrogens with one attached hydrogen (secondary N) is 2. The number of methoxy groups -OCH3 is 2. The molecule has 0 aliphatic carbocycles.